The number of nitrogens with one attached hydrogen (secondary N) is 4. The molecule has 0 saturated heterocycles. The van der Waals surface area contributed by atoms with Crippen LogP contribution in [0.15, 0.2) is 24.3 Å². The van der Waals surface area contributed by atoms with Gasteiger partial charge in [0.2, 0.25) is 23.6 Å². The van der Waals surface area contributed by atoms with Crippen LogP contribution in [0, 0.1) is 35.5 Å². The molecule has 6 unspecified atom stereocenters. The Hall–Kier alpha value is -2.64. The van der Waals surface area contributed by atoms with Gasteiger partial charge < -0.3 is 21.3 Å². The van der Waals surface area contributed by atoms with E-state index in [1.807, 2.05) is 0 Å². The molecule has 8 nitrogen and oxygen atoms in total. The van der Waals surface area contributed by atoms with E-state index in [0.717, 1.165) is 103 Å². The molecule has 4 amide bonds. The molecule has 70 heavy (non-hydrogen) atoms. The summed E-state index contributed by atoms with van der Waals surface area (Å²) in [4.78, 5) is 56.9. The van der Waals surface area contributed by atoms with Crippen molar-refractivity contribution in [2.75, 3.05) is 26.2 Å². The monoisotopic (exact) mass is 981 g/mol. The lowest BCUT2D eigenvalue weighted by Gasteiger charge is -2.39. The van der Waals surface area contributed by atoms with Crippen LogP contribution in [0.3, 0.4) is 0 Å². The summed E-state index contributed by atoms with van der Waals surface area (Å²) in [5, 5.41) is 12.9. The van der Waals surface area contributed by atoms with Gasteiger partial charge in [-0.3, -0.25) is 19.2 Å². The summed E-state index contributed by atoms with van der Waals surface area (Å²) in [6.45, 7) is 15.5. The highest BCUT2D eigenvalue weighted by Crippen LogP contribution is 2.39. The average molecular weight is 982 g/mol. The fourth-order valence-corrected chi connectivity index (χ4v) is 10.4. The van der Waals surface area contributed by atoms with Crippen molar-refractivity contribution < 1.29 is 19.2 Å². The highest BCUT2D eigenvalue weighted by molar-refractivity contribution is 5.93. The van der Waals surface area contributed by atoms with Crippen molar-refractivity contribution in [2.45, 2.75) is 286 Å². The van der Waals surface area contributed by atoms with E-state index in [1.54, 1.807) is 0 Å². The molecule has 1 saturated carbocycles. The van der Waals surface area contributed by atoms with E-state index in [-0.39, 0.29) is 36.5 Å². The number of unbranched alkanes of at least 4 members (excludes halogenated alkanes) is 26. The Morgan fingerprint density at radius 3 is 0.886 bits per heavy atom. The van der Waals surface area contributed by atoms with Crippen LogP contribution >= 0.6 is 0 Å². The Labute approximate surface area is 433 Å². The average Bonchev–Trinajstić information content (AvgIpc) is 3.37. The molecule has 1 aliphatic rings. The first kappa shape index (κ1) is 65.4. The zero-order valence-electron chi connectivity index (χ0n) is 47.1. The summed E-state index contributed by atoms with van der Waals surface area (Å²) in [7, 11) is 0. The highest BCUT2D eigenvalue weighted by Gasteiger charge is 2.48. The maximum absolute atomic E-state index is 14.2. The van der Waals surface area contributed by atoms with Gasteiger partial charge in [-0.1, -0.05) is 220 Å². The van der Waals surface area contributed by atoms with Crippen LogP contribution in [0.1, 0.15) is 286 Å². The lowest BCUT2D eigenvalue weighted by molar-refractivity contribution is -0.147. The molecule has 1 aliphatic carbocycles. The van der Waals surface area contributed by atoms with E-state index >= 15 is 0 Å². The van der Waals surface area contributed by atoms with Crippen molar-refractivity contribution >= 4 is 23.6 Å². The summed E-state index contributed by atoms with van der Waals surface area (Å²) < 4.78 is 0. The third-order valence-electron chi connectivity index (χ3n) is 15.5. The summed E-state index contributed by atoms with van der Waals surface area (Å²) in [5.74, 6) is -2.51. The first-order valence-electron chi connectivity index (χ1n) is 30.7. The van der Waals surface area contributed by atoms with Crippen molar-refractivity contribution in [1.29, 1.82) is 0 Å². The van der Waals surface area contributed by atoms with Gasteiger partial charge in [-0.05, 0) is 102 Å². The van der Waals surface area contributed by atoms with Gasteiger partial charge in [0.1, 0.15) is 0 Å². The quantitative estimate of drug-likeness (QED) is 0.0359. The molecular weight excluding hydrogens is 865 g/mol. The molecule has 0 heterocycles. The number of carbonyl (C=O) groups excluding carboxylic acids is 4. The number of allylic oxidation sites excluding steroid dienone is 4. The molecule has 1 fully saturated rings. The topological polar surface area (TPSA) is 116 Å². The highest BCUT2D eigenvalue weighted by atomic mass is 16.2. The molecule has 0 bridgehead atoms. The summed E-state index contributed by atoms with van der Waals surface area (Å²) >= 11 is 0. The summed E-state index contributed by atoms with van der Waals surface area (Å²) in [6.07, 6.45) is 52.9. The summed E-state index contributed by atoms with van der Waals surface area (Å²) in [6, 6.07) is 0. The van der Waals surface area contributed by atoms with Gasteiger partial charge in [0, 0.05) is 26.2 Å². The van der Waals surface area contributed by atoms with Crippen LogP contribution in [-0.2, 0) is 19.2 Å². The lowest BCUT2D eigenvalue weighted by atomic mass is 9.66. The van der Waals surface area contributed by atoms with Gasteiger partial charge in [-0.15, -0.1) is 0 Å². The van der Waals surface area contributed by atoms with Crippen LogP contribution < -0.4 is 21.3 Å². The summed E-state index contributed by atoms with van der Waals surface area (Å²) in [5.41, 5.74) is 0. The molecule has 0 aromatic rings. The van der Waals surface area contributed by atoms with E-state index in [4.69, 9.17) is 0 Å². The predicted octanol–water partition coefficient (Wildman–Crippen LogP) is 16.2. The molecule has 0 aliphatic heterocycles. The Balaban J connectivity index is 2.86. The predicted molar refractivity (Wildman–Crippen MR) is 301 cm³/mol. The van der Waals surface area contributed by atoms with E-state index in [2.05, 4.69) is 87.1 Å². The zero-order valence-corrected chi connectivity index (χ0v) is 47.1. The van der Waals surface area contributed by atoms with E-state index in [0.29, 0.717) is 38.0 Å². The minimum absolute atomic E-state index is 0.150. The number of carbonyl (C=O) groups is 4. The van der Waals surface area contributed by atoms with Crippen molar-refractivity contribution in [2.24, 2.45) is 35.5 Å². The van der Waals surface area contributed by atoms with Gasteiger partial charge in [-0.2, -0.15) is 0 Å². The van der Waals surface area contributed by atoms with Gasteiger partial charge in [0.05, 0.1) is 23.7 Å². The molecular formula is C62H116N4O4. The molecule has 0 radical (unpaired) electrons. The number of hydrogen-bond acceptors (Lipinski definition) is 4. The first-order chi connectivity index (χ1) is 34.3. The lowest BCUT2D eigenvalue weighted by Crippen LogP contribution is -2.54. The largest absolute Gasteiger partial charge is 0.356 e. The van der Waals surface area contributed by atoms with E-state index < -0.39 is 23.7 Å². The molecule has 0 aromatic carbocycles. The second-order valence-electron chi connectivity index (χ2n) is 21.7. The smallest absolute Gasteiger partial charge is 0.223 e. The molecule has 8 heteroatoms. The zero-order chi connectivity index (χ0) is 51.1. The fourth-order valence-electron chi connectivity index (χ4n) is 10.4. The van der Waals surface area contributed by atoms with Crippen molar-refractivity contribution in [3.63, 3.8) is 0 Å². The number of rotatable bonds is 48. The molecule has 0 spiro atoms. The van der Waals surface area contributed by atoms with Crippen molar-refractivity contribution in [1.82, 2.24) is 21.3 Å². The molecule has 1 rings (SSSR count). The van der Waals surface area contributed by atoms with Crippen LogP contribution in [0.5, 0.6) is 0 Å². The standard InChI is InChI=1S/C62H116N4O4/c1-7-13-17-19-21-23-25-27-29-31-33-35-37-39-41-43-47-63-59(67)55-49-58(62(70)66-52-54(12-6)46-16-10-4)56(50-57(55)61(69)65-51-53(11-5)45-15-9-3)60(68)64-48-44-42-40-38-36-34-32-30-28-26-24-22-20-18-14-8-2/h27-30,53-58H,7-26,31-52H2,1-6H3,(H,63,67)(H,64,68)(H,65,69)(H,66,70)/b29-27-,30-28-. The Morgan fingerprint density at radius 2 is 0.600 bits per heavy atom. The maximum atomic E-state index is 14.2. The Kier molecular flexibility index (Phi) is 44.2. The van der Waals surface area contributed by atoms with Crippen molar-refractivity contribution in [3.05, 3.63) is 24.3 Å². The second kappa shape index (κ2) is 47.4. The van der Waals surface area contributed by atoms with Gasteiger partial charge >= 0.3 is 0 Å². The number of hydrogen-bond donors (Lipinski definition) is 4. The SMILES string of the molecule is CCCCCCCC/C=C\CCCCCCCCNC(=O)C1CC(C(=O)NCC(CC)CCCC)C(C(=O)NCCCCCCCC/C=C\CCCCCCCC)CC1C(=O)NCC(CC)CCCC. The van der Waals surface area contributed by atoms with Gasteiger partial charge in [-0.25, -0.2) is 0 Å². The van der Waals surface area contributed by atoms with Gasteiger partial charge in [0.25, 0.3) is 0 Å². The van der Waals surface area contributed by atoms with Crippen LogP contribution in [0.2, 0.25) is 0 Å². The number of amides is 4. The maximum Gasteiger partial charge on any atom is 0.223 e. The molecule has 6 atom stereocenters. The minimum atomic E-state index is -0.665. The normalized spacial score (nSPS) is 18.0. The first-order valence-corrected chi connectivity index (χ1v) is 30.7. The third kappa shape index (κ3) is 33.9. The molecule has 408 valence electrons. The molecule has 0 aromatic heterocycles. The third-order valence-corrected chi connectivity index (χ3v) is 15.5. The second-order valence-corrected chi connectivity index (χ2v) is 21.7. The van der Waals surface area contributed by atoms with Crippen LogP contribution in [0.4, 0.5) is 0 Å². The molecule has 4 N–H and O–H groups in total. The Bertz CT molecular complexity index is 1220. The fraction of sp³-hybridized carbons (Fsp3) is 0.871. The van der Waals surface area contributed by atoms with E-state index in [9.17, 15) is 19.2 Å². The van der Waals surface area contributed by atoms with Crippen LogP contribution in [0.25, 0.3) is 0 Å². The Morgan fingerprint density at radius 1 is 0.343 bits per heavy atom. The van der Waals surface area contributed by atoms with Gasteiger partial charge in [0.15, 0.2) is 0 Å². The van der Waals surface area contributed by atoms with Crippen LogP contribution in [-0.4, -0.2) is 49.8 Å². The minimum Gasteiger partial charge on any atom is -0.356 e. The van der Waals surface area contributed by atoms with Crippen molar-refractivity contribution in [3.8, 4) is 0 Å². The van der Waals surface area contributed by atoms with E-state index in [1.165, 1.54) is 128 Å².